The van der Waals surface area contributed by atoms with Gasteiger partial charge in [0.2, 0.25) is 0 Å². The fourth-order valence-corrected chi connectivity index (χ4v) is 4.06. The molecular formula is C12H22O3Si. The molecule has 1 unspecified atom stereocenters. The van der Waals surface area contributed by atoms with E-state index in [1.165, 1.54) is 0 Å². The first kappa shape index (κ1) is 13.5. The van der Waals surface area contributed by atoms with Crippen LogP contribution in [0.4, 0.5) is 0 Å². The van der Waals surface area contributed by atoms with Crippen molar-refractivity contribution in [2.45, 2.75) is 45.3 Å². The Balaban J connectivity index is 2.25. The van der Waals surface area contributed by atoms with Gasteiger partial charge in [-0.25, -0.2) is 0 Å². The molecule has 1 aliphatic rings. The molecule has 0 spiro atoms. The molecule has 0 amide bonds. The van der Waals surface area contributed by atoms with E-state index in [0.717, 1.165) is 25.5 Å². The summed E-state index contributed by atoms with van der Waals surface area (Å²) in [5.41, 5.74) is 0. The lowest BCUT2D eigenvalue weighted by Crippen LogP contribution is -2.30. The number of carbonyl (C=O) groups is 1. The molecule has 4 heteroatoms. The predicted molar refractivity (Wildman–Crippen MR) is 66.5 cm³/mol. The van der Waals surface area contributed by atoms with E-state index in [1.54, 1.807) is 0 Å². The fourth-order valence-electron chi connectivity index (χ4n) is 2.08. The van der Waals surface area contributed by atoms with Crippen LogP contribution in [0.5, 0.6) is 0 Å². The summed E-state index contributed by atoms with van der Waals surface area (Å²) in [5, 5.41) is 0. The Hall–Kier alpha value is -0.613. The largest absolute Gasteiger partial charge is 0.431 e. The Kier molecular flexibility index (Phi) is 4.74. The third-order valence-corrected chi connectivity index (χ3v) is 5.55. The van der Waals surface area contributed by atoms with Crippen molar-refractivity contribution in [2.24, 2.45) is 5.92 Å². The minimum Gasteiger partial charge on any atom is -0.431 e. The monoisotopic (exact) mass is 242 g/mol. The summed E-state index contributed by atoms with van der Waals surface area (Å²) in [5.74, 6) is 0.566. The van der Waals surface area contributed by atoms with E-state index in [0.29, 0.717) is 12.2 Å². The summed E-state index contributed by atoms with van der Waals surface area (Å²) in [7, 11) is -1.49. The summed E-state index contributed by atoms with van der Waals surface area (Å²) in [4.78, 5) is 11.4. The van der Waals surface area contributed by atoms with Crippen LogP contribution < -0.4 is 0 Å². The lowest BCUT2D eigenvalue weighted by atomic mass is 10.0. The van der Waals surface area contributed by atoms with Crippen LogP contribution in [0.1, 0.15) is 26.2 Å². The van der Waals surface area contributed by atoms with Gasteiger partial charge >= 0.3 is 5.97 Å². The average molecular weight is 242 g/mol. The van der Waals surface area contributed by atoms with E-state index in [1.807, 2.05) is 6.92 Å². The second kappa shape index (κ2) is 5.64. The highest BCUT2D eigenvalue weighted by Gasteiger charge is 2.30. The number of ether oxygens (including phenoxy) is 1. The van der Waals surface area contributed by atoms with E-state index in [2.05, 4.69) is 19.7 Å². The molecule has 0 aromatic carbocycles. The maximum atomic E-state index is 11.4. The van der Waals surface area contributed by atoms with Crippen molar-refractivity contribution >= 4 is 14.3 Å². The maximum absolute atomic E-state index is 11.4. The zero-order valence-corrected chi connectivity index (χ0v) is 11.5. The quantitative estimate of drug-likeness (QED) is 0.530. The third kappa shape index (κ3) is 4.10. The summed E-state index contributed by atoms with van der Waals surface area (Å²) >= 11 is 0. The highest BCUT2D eigenvalue weighted by atomic mass is 28.4. The Morgan fingerprint density at radius 2 is 2.25 bits per heavy atom. The van der Waals surface area contributed by atoms with Crippen LogP contribution in [0.25, 0.3) is 0 Å². The van der Waals surface area contributed by atoms with Crippen LogP contribution in [0, 0.1) is 5.92 Å². The Bertz CT molecular complexity index is 273. The molecule has 0 aliphatic carbocycles. The molecule has 1 atom stereocenters. The standard InChI is InChI=1S/C12H22O3Si/c1-5-14-16(3,4)8-6-7-11-9-10(2)15-12(11)13/h11H,2,5-9H2,1,3-4H3. The molecule has 3 nitrogen and oxygen atoms in total. The average Bonchev–Trinajstić information content (AvgIpc) is 2.44. The topological polar surface area (TPSA) is 35.5 Å². The second-order valence-electron chi connectivity index (χ2n) is 4.95. The number of esters is 1. The fraction of sp³-hybridized carbons (Fsp3) is 0.750. The lowest BCUT2D eigenvalue weighted by Gasteiger charge is -2.21. The zero-order valence-electron chi connectivity index (χ0n) is 10.5. The summed E-state index contributed by atoms with van der Waals surface area (Å²) in [6, 6.07) is 1.11. The molecule has 0 aromatic rings. The van der Waals surface area contributed by atoms with E-state index >= 15 is 0 Å². The SMILES string of the molecule is C=C1CC(CCC[Si](C)(C)OCC)C(=O)O1. The van der Waals surface area contributed by atoms with Crippen molar-refractivity contribution in [3.05, 3.63) is 12.3 Å². The van der Waals surface area contributed by atoms with Gasteiger partial charge in [-0.1, -0.05) is 13.0 Å². The van der Waals surface area contributed by atoms with Gasteiger partial charge in [0, 0.05) is 13.0 Å². The predicted octanol–water partition coefficient (Wildman–Crippen LogP) is 3.09. The van der Waals surface area contributed by atoms with Gasteiger partial charge in [0.15, 0.2) is 8.32 Å². The zero-order chi connectivity index (χ0) is 12.2. The van der Waals surface area contributed by atoms with E-state index in [4.69, 9.17) is 9.16 Å². The summed E-state index contributed by atoms with van der Waals surface area (Å²) < 4.78 is 10.7. The summed E-state index contributed by atoms with van der Waals surface area (Å²) in [6.07, 6.45) is 2.66. The first-order valence-corrected chi connectivity index (χ1v) is 9.09. The molecule has 0 aromatic heterocycles. The summed E-state index contributed by atoms with van der Waals surface area (Å²) in [6.45, 7) is 11.0. The van der Waals surface area contributed by atoms with Gasteiger partial charge < -0.3 is 9.16 Å². The van der Waals surface area contributed by atoms with Crippen molar-refractivity contribution in [1.82, 2.24) is 0 Å². The normalized spacial score (nSPS) is 21.3. The number of allylic oxidation sites excluding steroid dienone is 1. The number of rotatable bonds is 6. The molecule has 0 radical (unpaired) electrons. The molecule has 0 saturated carbocycles. The molecule has 0 bridgehead atoms. The van der Waals surface area contributed by atoms with E-state index in [-0.39, 0.29) is 11.9 Å². The van der Waals surface area contributed by atoms with E-state index < -0.39 is 8.32 Å². The highest BCUT2D eigenvalue weighted by Crippen LogP contribution is 2.28. The van der Waals surface area contributed by atoms with Crippen molar-refractivity contribution < 1.29 is 14.0 Å². The minimum atomic E-state index is -1.49. The molecular weight excluding hydrogens is 220 g/mol. The lowest BCUT2D eigenvalue weighted by molar-refractivity contribution is -0.139. The van der Waals surface area contributed by atoms with Gasteiger partial charge in [-0.3, -0.25) is 4.79 Å². The van der Waals surface area contributed by atoms with Crippen LogP contribution in [0.2, 0.25) is 19.1 Å². The number of cyclic esters (lactones) is 1. The molecule has 92 valence electrons. The molecule has 1 saturated heterocycles. The number of hydrogen-bond acceptors (Lipinski definition) is 3. The second-order valence-corrected chi connectivity index (χ2v) is 9.25. The van der Waals surface area contributed by atoms with Gasteiger partial charge in [-0.05, 0) is 32.5 Å². The highest BCUT2D eigenvalue weighted by molar-refractivity contribution is 6.71. The molecule has 1 rings (SSSR count). The van der Waals surface area contributed by atoms with Gasteiger partial charge in [0.1, 0.15) is 5.76 Å². The Labute approximate surface area is 99.0 Å². The van der Waals surface area contributed by atoms with Gasteiger partial charge in [0.25, 0.3) is 0 Å². The number of carbonyl (C=O) groups excluding carboxylic acids is 1. The first-order valence-electron chi connectivity index (χ1n) is 5.98. The van der Waals surface area contributed by atoms with Crippen LogP contribution >= 0.6 is 0 Å². The third-order valence-electron chi connectivity index (χ3n) is 2.92. The van der Waals surface area contributed by atoms with Crippen molar-refractivity contribution in [3.63, 3.8) is 0 Å². The van der Waals surface area contributed by atoms with E-state index in [9.17, 15) is 4.79 Å². The van der Waals surface area contributed by atoms with Crippen LogP contribution in [-0.2, 0) is 14.0 Å². The molecule has 16 heavy (non-hydrogen) atoms. The van der Waals surface area contributed by atoms with Crippen LogP contribution in [-0.4, -0.2) is 20.9 Å². The Morgan fingerprint density at radius 3 is 2.75 bits per heavy atom. The first-order chi connectivity index (χ1) is 7.44. The molecule has 1 heterocycles. The maximum Gasteiger partial charge on any atom is 0.314 e. The van der Waals surface area contributed by atoms with Crippen molar-refractivity contribution in [3.8, 4) is 0 Å². The molecule has 0 N–H and O–H groups in total. The van der Waals surface area contributed by atoms with Crippen LogP contribution in [0.15, 0.2) is 12.3 Å². The van der Waals surface area contributed by atoms with Crippen LogP contribution in [0.3, 0.4) is 0 Å². The van der Waals surface area contributed by atoms with Gasteiger partial charge in [-0.2, -0.15) is 0 Å². The van der Waals surface area contributed by atoms with Gasteiger partial charge in [0.05, 0.1) is 5.92 Å². The molecule has 1 aliphatic heterocycles. The molecule has 1 fully saturated rings. The minimum absolute atomic E-state index is 0.0407. The van der Waals surface area contributed by atoms with Crippen molar-refractivity contribution in [2.75, 3.05) is 6.61 Å². The van der Waals surface area contributed by atoms with Crippen molar-refractivity contribution in [1.29, 1.82) is 0 Å². The Morgan fingerprint density at radius 1 is 1.56 bits per heavy atom. The smallest absolute Gasteiger partial charge is 0.314 e. The van der Waals surface area contributed by atoms with Gasteiger partial charge in [-0.15, -0.1) is 0 Å². The number of hydrogen-bond donors (Lipinski definition) is 0.